The first-order chi connectivity index (χ1) is 7.97. The molecule has 5 nitrogen and oxygen atoms in total. The van der Waals surface area contributed by atoms with Crippen LogP contribution in [-0.2, 0) is 5.41 Å². The normalized spacial score (nSPS) is 11.7. The van der Waals surface area contributed by atoms with Crippen molar-refractivity contribution in [3.05, 3.63) is 10.0 Å². The zero-order valence-electron chi connectivity index (χ0n) is 10.6. The molecule has 1 aromatic rings. The van der Waals surface area contributed by atoms with Gasteiger partial charge in [0.05, 0.1) is 0 Å². The Morgan fingerprint density at radius 1 is 1.41 bits per heavy atom. The van der Waals surface area contributed by atoms with Crippen LogP contribution in [0.1, 0.15) is 48.4 Å². The fraction of sp³-hybridized carbons (Fsp3) is 0.727. The van der Waals surface area contributed by atoms with Gasteiger partial charge in [-0.25, -0.2) is 0 Å². The maximum absolute atomic E-state index is 11.0. The van der Waals surface area contributed by atoms with Gasteiger partial charge in [0.15, 0.2) is 0 Å². The van der Waals surface area contributed by atoms with Crippen LogP contribution in [-0.4, -0.2) is 29.2 Å². The fourth-order valence-corrected chi connectivity index (χ4v) is 2.23. The molecule has 0 saturated carbocycles. The van der Waals surface area contributed by atoms with Gasteiger partial charge in [-0.15, -0.1) is 10.2 Å². The molecule has 0 unspecified atom stereocenters. The number of primary amides is 1. The molecule has 1 aromatic heterocycles. The summed E-state index contributed by atoms with van der Waals surface area (Å²) < 4.78 is 0. The Morgan fingerprint density at radius 3 is 2.65 bits per heavy atom. The minimum atomic E-state index is -0.506. The highest BCUT2D eigenvalue weighted by atomic mass is 32.1. The molecule has 0 aromatic carbocycles. The van der Waals surface area contributed by atoms with Gasteiger partial charge in [-0.2, -0.15) is 0 Å². The van der Waals surface area contributed by atoms with E-state index in [4.69, 9.17) is 5.73 Å². The first-order valence-corrected chi connectivity index (χ1v) is 6.63. The second-order valence-electron chi connectivity index (χ2n) is 4.66. The number of amides is 1. The summed E-state index contributed by atoms with van der Waals surface area (Å²) in [6.07, 6.45) is 2.09. The number of nitrogens with zero attached hydrogens (tertiary/aromatic N) is 2. The molecule has 0 aliphatic heterocycles. The van der Waals surface area contributed by atoms with E-state index in [1.54, 1.807) is 0 Å². The predicted molar refractivity (Wildman–Crippen MR) is 69.2 cm³/mol. The summed E-state index contributed by atoms with van der Waals surface area (Å²) in [6.45, 7) is 8.31. The van der Waals surface area contributed by atoms with Gasteiger partial charge >= 0.3 is 0 Å². The lowest BCUT2D eigenvalue weighted by Crippen LogP contribution is -2.25. The molecule has 3 N–H and O–H groups in total. The van der Waals surface area contributed by atoms with Crippen LogP contribution < -0.4 is 11.1 Å². The average molecular weight is 256 g/mol. The second kappa shape index (κ2) is 6.07. The molecular formula is C11H20N4OS. The number of rotatable bonds is 7. The molecule has 0 bridgehead atoms. The molecule has 0 fully saturated rings. The van der Waals surface area contributed by atoms with Crippen LogP contribution in [0.2, 0.25) is 0 Å². The smallest absolute Gasteiger partial charge is 0.279 e. The summed E-state index contributed by atoms with van der Waals surface area (Å²) in [5.41, 5.74) is 5.09. The van der Waals surface area contributed by atoms with Gasteiger partial charge in [0.25, 0.3) is 5.91 Å². The van der Waals surface area contributed by atoms with Crippen LogP contribution in [0.5, 0.6) is 0 Å². The Bertz CT molecular complexity index is 375. The minimum absolute atomic E-state index is 0.0773. The van der Waals surface area contributed by atoms with E-state index in [0.717, 1.165) is 30.9 Å². The maximum atomic E-state index is 11.0. The Kier molecular flexibility index (Phi) is 5.02. The van der Waals surface area contributed by atoms with Crippen molar-refractivity contribution in [2.24, 2.45) is 5.73 Å². The monoisotopic (exact) mass is 256 g/mol. The molecular weight excluding hydrogens is 236 g/mol. The molecule has 96 valence electrons. The number of aromatic nitrogens is 2. The largest absolute Gasteiger partial charge is 0.363 e. The lowest BCUT2D eigenvalue weighted by Gasteiger charge is -2.21. The van der Waals surface area contributed by atoms with E-state index in [-0.39, 0.29) is 10.4 Å². The highest BCUT2D eigenvalue weighted by Gasteiger charge is 2.25. The van der Waals surface area contributed by atoms with Gasteiger partial charge in [0.1, 0.15) is 5.01 Å². The Balaban J connectivity index is 2.58. The standard InChI is InChI=1S/C11H20N4OS/c1-4-6-13-7-5-11(2,3)10-15-14-9(17-10)8(12)16/h13H,4-7H2,1-3H3,(H2,12,16). The van der Waals surface area contributed by atoms with Crippen LogP contribution in [0.25, 0.3) is 0 Å². The van der Waals surface area contributed by atoms with E-state index in [9.17, 15) is 4.79 Å². The molecule has 1 rings (SSSR count). The number of nitrogens with one attached hydrogen (secondary N) is 1. The van der Waals surface area contributed by atoms with Gasteiger partial charge in [-0.3, -0.25) is 4.79 Å². The van der Waals surface area contributed by atoms with Crippen molar-refractivity contribution in [3.63, 3.8) is 0 Å². The maximum Gasteiger partial charge on any atom is 0.279 e. The summed E-state index contributed by atoms with van der Waals surface area (Å²) in [6, 6.07) is 0. The van der Waals surface area contributed by atoms with E-state index >= 15 is 0 Å². The summed E-state index contributed by atoms with van der Waals surface area (Å²) in [7, 11) is 0. The molecule has 0 atom stereocenters. The third-order valence-electron chi connectivity index (χ3n) is 2.57. The minimum Gasteiger partial charge on any atom is -0.363 e. The topological polar surface area (TPSA) is 80.9 Å². The van der Waals surface area contributed by atoms with Gasteiger partial charge in [0.2, 0.25) is 5.01 Å². The van der Waals surface area contributed by atoms with Crippen LogP contribution in [0, 0.1) is 0 Å². The van der Waals surface area contributed by atoms with Crippen molar-refractivity contribution < 1.29 is 4.79 Å². The summed E-state index contributed by atoms with van der Waals surface area (Å²) in [5, 5.41) is 12.4. The van der Waals surface area contributed by atoms with Crippen LogP contribution in [0.4, 0.5) is 0 Å². The molecule has 1 amide bonds. The molecule has 0 spiro atoms. The number of hydrogen-bond acceptors (Lipinski definition) is 5. The zero-order chi connectivity index (χ0) is 12.9. The van der Waals surface area contributed by atoms with Crippen molar-refractivity contribution in [2.45, 2.75) is 39.0 Å². The lowest BCUT2D eigenvalue weighted by molar-refractivity contribution is 0.0999. The third-order valence-corrected chi connectivity index (χ3v) is 3.87. The summed E-state index contributed by atoms with van der Waals surface area (Å²) in [4.78, 5) is 11.0. The second-order valence-corrected chi connectivity index (χ2v) is 5.64. The molecule has 0 radical (unpaired) electrons. The van der Waals surface area contributed by atoms with Crippen molar-refractivity contribution >= 4 is 17.2 Å². The van der Waals surface area contributed by atoms with E-state index in [0.29, 0.717) is 0 Å². The first kappa shape index (κ1) is 14.1. The first-order valence-electron chi connectivity index (χ1n) is 5.82. The van der Waals surface area contributed by atoms with E-state index in [1.165, 1.54) is 11.3 Å². The molecule has 0 aliphatic rings. The van der Waals surface area contributed by atoms with Crippen molar-refractivity contribution in [2.75, 3.05) is 13.1 Å². The number of nitrogens with two attached hydrogens (primary N) is 1. The van der Waals surface area contributed by atoms with Crippen LogP contribution >= 0.6 is 11.3 Å². The Labute approximate surface area is 106 Å². The molecule has 1 heterocycles. The Hall–Kier alpha value is -1.01. The quantitative estimate of drug-likeness (QED) is 0.721. The summed E-state index contributed by atoms with van der Waals surface area (Å²) >= 11 is 1.29. The highest BCUT2D eigenvalue weighted by molar-refractivity contribution is 7.13. The highest BCUT2D eigenvalue weighted by Crippen LogP contribution is 2.28. The zero-order valence-corrected chi connectivity index (χ0v) is 11.4. The summed E-state index contributed by atoms with van der Waals surface area (Å²) in [5.74, 6) is -0.506. The molecule has 0 saturated heterocycles. The van der Waals surface area contributed by atoms with Gasteiger partial charge in [-0.1, -0.05) is 32.1 Å². The van der Waals surface area contributed by atoms with Crippen LogP contribution in [0.3, 0.4) is 0 Å². The fourth-order valence-electron chi connectivity index (χ4n) is 1.41. The van der Waals surface area contributed by atoms with Gasteiger partial charge in [-0.05, 0) is 25.9 Å². The van der Waals surface area contributed by atoms with E-state index in [1.807, 2.05) is 0 Å². The van der Waals surface area contributed by atoms with Gasteiger partial charge < -0.3 is 11.1 Å². The van der Waals surface area contributed by atoms with E-state index < -0.39 is 5.91 Å². The molecule has 6 heteroatoms. The van der Waals surface area contributed by atoms with Crippen molar-refractivity contribution in [3.8, 4) is 0 Å². The number of carbonyl (C=O) groups is 1. The predicted octanol–water partition coefficient (Wildman–Crippen LogP) is 1.30. The number of hydrogen-bond donors (Lipinski definition) is 2. The SMILES string of the molecule is CCCNCCC(C)(C)c1nnc(C(N)=O)s1. The molecule has 0 aliphatic carbocycles. The van der Waals surface area contributed by atoms with Crippen LogP contribution in [0.15, 0.2) is 0 Å². The van der Waals surface area contributed by atoms with Crippen molar-refractivity contribution in [1.29, 1.82) is 0 Å². The number of carbonyl (C=O) groups excluding carboxylic acids is 1. The molecule has 17 heavy (non-hydrogen) atoms. The Morgan fingerprint density at radius 2 is 2.12 bits per heavy atom. The van der Waals surface area contributed by atoms with Crippen molar-refractivity contribution in [1.82, 2.24) is 15.5 Å². The average Bonchev–Trinajstić information content (AvgIpc) is 2.74. The lowest BCUT2D eigenvalue weighted by atomic mass is 9.90. The van der Waals surface area contributed by atoms with E-state index in [2.05, 4.69) is 36.3 Å². The van der Waals surface area contributed by atoms with Gasteiger partial charge in [0, 0.05) is 5.41 Å². The third kappa shape index (κ3) is 4.05.